The number of benzene rings is 1. The predicted molar refractivity (Wildman–Crippen MR) is 87.3 cm³/mol. The fourth-order valence-electron chi connectivity index (χ4n) is 3.19. The van der Waals surface area contributed by atoms with E-state index in [1.165, 1.54) is 0 Å². The molecule has 0 spiro atoms. The van der Waals surface area contributed by atoms with Crippen LogP contribution >= 0.6 is 0 Å². The van der Waals surface area contributed by atoms with Crippen molar-refractivity contribution in [2.24, 2.45) is 5.41 Å². The van der Waals surface area contributed by atoms with Crippen molar-refractivity contribution in [3.8, 4) is 0 Å². The Labute approximate surface area is 141 Å². The zero-order valence-corrected chi connectivity index (χ0v) is 13.8. The summed E-state index contributed by atoms with van der Waals surface area (Å²) in [6.45, 7) is 3.74. The molecule has 1 aliphatic carbocycles. The first-order chi connectivity index (χ1) is 11.4. The van der Waals surface area contributed by atoms with Crippen LogP contribution in [-0.4, -0.2) is 58.9 Å². The number of carbonyl (C=O) groups is 3. The molecular weight excluding hydrogens is 308 g/mol. The average molecular weight is 330 g/mol. The standard InChI is InChI=1S/C18H22N2O4/c1-13-4-2-3-5-14(13)12-15(21)19-8-10-20(11-9-19)16(22)18(6-7-18)17(23)24/h2-5H,6-12H2,1H3,(H,23,24). The van der Waals surface area contributed by atoms with Crippen LogP contribution in [0.1, 0.15) is 24.0 Å². The lowest BCUT2D eigenvalue weighted by atomic mass is 10.0. The van der Waals surface area contributed by atoms with Crippen molar-refractivity contribution in [3.05, 3.63) is 35.4 Å². The quantitative estimate of drug-likeness (QED) is 0.838. The number of piperazine rings is 1. The van der Waals surface area contributed by atoms with Crippen LogP contribution in [-0.2, 0) is 20.8 Å². The van der Waals surface area contributed by atoms with Crippen molar-refractivity contribution in [3.63, 3.8) is 0 Å². The van der Waals surface area contributed by atoms with Crippen LogP contribution in [0.15, 0.2) is 24.3 Å². The van der Waals surface area contributed by atoms with Crippen molar-refractivity contribution in [1.82, 2.24) is 9.80 Å². The van der Waals surface area contributed by atoms with E-state index in [2.05, 4.69) is 0 Å². The fourth-order valence-corrected chi connectivity index (χ4v) is 3.19. The van der Waals surface area contributed by atoms with E-state index in [1.807, 2.05) is 31.2 Å². The van der Waals surface area contributed by atoms with Crippen molar-refractivity contribution in [2.75, 3.05) is 26.2 Å². The van der Waals surface area contributed by atoms with Gasteiger partial charge < -0.3 is 14.9 Å². The lowest BCUT2D eigenvalue weighted by molar-refractivity contribution is -0.155. The van der Waals surface area contributed by atoms with Gasteiger partial charge in [-0.15, -0.1) is 0 Å². The number of nitrogens with zero attached hydrogens (tertiary/aromatic N) is 2. The van der Waals surface area contributed by atoms with Crippen LogP contribution in [0.4, 0.5) is 0 Å². The monoisotopic (exact) mass is 330 g/mol. The second-order valence-electron chi connectivity index (χ2n) is 6.66. The predicted octanol–water partition coefficient (Wildman–Crippen LogP) is 1.07. The third-order valence-electron chi connectivity index (χ3n) is 5.09. The van der Waals surface area contributed by atoms with E-state index in [0.717, 1.165) is 11.1 Å². The molecule has 0 atom stereocenters. The second-order valence-corrected chi connectivity index (χ2v) is 6.66. The summed E-state index contributed by atoms with van der Waals surface area (Å²) in [5.41, 5.74) is 0.925. The summed E-state index contributed by atoms with van der Waals surface area (Å²) in [4.78, 5) is 39.4. The summed E-state index contributed by atoms with van der Waals surface area (Å²) in [5.74, 6) is -1.26. The van der Waals surface area contributed by atoms with Crippen molar-refractivity contribution >= 4 is 17.8 Å². The van der Waals surface area contributed by atoms with Crippen molar-refractivity contribution < 1.29 is 19.5 Å². The van der Waals surface area contributed by atoms with E-state index in [-0.39, 0.29) is 11.8 Å². The van der Waals surface area contributed by atoms with Crippen LogP contribution in [0.5, 0.6) is 0 Å². The first-order valence-electron chi connectivity index (χ1n) is 8.29. The first kappa shape index (κ1) is 16.5. The minimum atomic E-state index is -1.19. The summed E-state index contributed by atoms with van der Waals surface area (Å²) in [6.07, 6.45) is 1.21. The smallest absolute Gasteiger partial charge is 0.319 e. The van der Waals surface area contributed by atoms with E-state index in [1.54, 1.807) is 9.80 Å². The minimum Gasteiger partial charge on any atom is -0.480 e. The number of hydrogen-bond donors (Lipinski definition) is 1. The summed E-state index contributed by atoms with van der Waals surface area (Å²) >= 11 is 0. The highest BCUT2D eigenvalue weighted by Crippen LogP contribution is 2.47. The minimum absolute atomic E-state index is 0.0516. The maximum atomic E-state index is 12.4. The number of aryl methyl sites for hydroxylation is 1. The van der Waals surface area contributed by atoms with Gasteiger partial charge in [0.25, 0.3) is 0 Å². The number of amides is 2. The molecule has 1 N–H and O–H groups in total. The lowest BCUT2D eigenvalue weighted by Crippen LogP contribution is -2.53. The van der Waals surface area contributed by atoms with Crippen molar-refractivity contribution in [1.29, 1.82) is 0 Å². The fraction of sp³-hybridized carbons (Fsp3) is 0.500. The molecular formula is C18H22N2O4. The largest absolute Gasteiger partial charge is 0.480 e. The Hall–Kier alpha value is -2.37. The molecule has 6 nitrogen and oxygen atoms in total. The molecule has 2 fully saturated rings. The second kappa shape index (κ2) is 6.26. The highest BCUT2D eigenvalue weighted by Gasteiger charge is 2.58. The maximum absolute atomic E-state index is 12.4. The number of rotatable bonds is 4. The van der Waals surface area contributed by atoms with Gasteiger partial charge in [-0.25, -0.2) is 0 Å². The third kappa shape index (κ3) is 3.00. The summed E-state index contributed by atoms with van der Waals surface area (Å²) in [5, 5.41) is 9.22. The van der Waals surface area contributed by atoms with Gasteiger partial charge in [-0.2, -0.15) is 0 Å². The molecule has 128 valence electrons. The Morgan fingerprint density at radius 3 is 2.17 bits per heavy atom. The third-order valence-corrected chi connectivity index (χ3v) is 5.09. The van der Waals surface area contributed by atoms with Gasteiger partial charge in [-0.1, -0.05) is 24.3 Å². The van der Waals surface area contributed by atoms with E-state index in [4.69, 9.17) is 0 Å². The Morgan fingerprint density at radius 2 is 1.62 bits per heavy atom. The number of carboxylic acids is 1. The number of carbonyl (C=O) groups excluding carboxylic acids is 2. The molecule has 0 radical (unpaired) electrons. The Balaban J connectivity index is 1.55. The van der Waals surface area contributed by atoms with E-state index < -0.39 is 11.4 Å². The van der Waals surface area contributed by atoms with Gasteiger partial charge in [0.2, 0.25) is 11.8 Å². The van der Waals surface area contributed by atoms with Gasteiger partial charge in [0.15, 0.2) is 0 Å². The van der Waals surface area contributed by atoms with Gasteiger partial charge in [-0.3, -0.25) is 14.4 Å². The molecule has 3 rings (SSSR count). The molecule has 1 aromatic carbocycles. The lowest BCUT2D eigenvalue weighted by Gasteiger charge is -2.36. The molecule has 6 heteroatoms. The summed E-state index contributed by atoms with van der Waals surface area (Å²) < 4.78 is 0. The first-order valence-corrected chi connectivity index (χ1v) is 8.29. The van der Waals surface area contributed by atoms with Crippen LogP contribution in [0.2, 0.25) is 0 Å². The van der Waals surface area contributed by atoms with Gasteiger partial charge >= 0.3 is 5.97 Å². The van der Waals surface area contributed by atoms with Crippen molar-refractivity contribution in [2.45, 2.75) is 26.2 Å². The Kier molecular flexibility index (Phi) is 4.30. The molecule has 1 heterocycles. The zero-order chi connectivity index (χ0) is 17.3. The highest BCUT2D eigenvalue weighted by molar-refractivity contribution is 6.04. The molecule has 1 saturated carbocycles. The normalized spacial score (nSPS) is 19.0. The van der Waals surface area contributed by atoms with Gasteiger partial charge in [0, 0.05) is 26.2 Å². The Bertz CT molecular complexity index is 673. The molecule has 1 aromatic rings. The van der Waals surface area contributed by atoms with E-state index >= 15 is 0 Å². The number of hydrogen-bond acceptors (Lipinski definition) is 3. The van der Waals surface area contributed by atoms with E-state index in [9.17, 15) is 19.5 Å². The number of carboxylic acid groups (broad SMARTS) is 1. The number of aliphatic carboxylic acids is 1. The molecule has 1 aliphatic heterocycles. The Morgan fingerprint density at radius 1 is 1.04 bits per heavy atom. The topological polar surface area (TPSA) is 77.9 Å². The van der Waals surface area contributed by atoms with Crippen LogP contribution in [0, 0.1) is 12.3 Å². The van der Waals surface area contributed by atoms with E-state index in [0.29, 0.717) is 45.4 Å². The van der Waals surface area contributed by atoms with Gasteiger partial charge in [0.1, 0.15) is 5.41 Å². The maximum Gasteiger partial charge on any atom is 0.319 e. The molecule has 1 saturated heterocycles. The summed E-state index contributed by atoms with van der Waals surface area (Å²) in [6, 6.07) is 7.81. The molecule has 0 bridgehead atoms. The molecule has 24 heavy (non-hydrogen) atoms. The highest BCUT2D eigenvalue weighted by atomic mass is 16.4. The van der Waals surface area contributed by atoms with Gasteiger partial charge in [-0.05, 0) is 30.9 Å². The van der Waals surface area contributed by atoms with Gasteiger partial charge in [0.05, 0.1) is 6.42 Å². The van der Waals surface area contributed by atoms with Crippen LogP contribution in [0.25, 0.3) is 0 Å². The molecule has 2 amide bonds. The molecule has 0 aromatic heterocycles. The zero-order valence-electron chi connectivity index (χ0n) is 13.8. The average Bonchev–Trinajstić information content (AvgIpc) is 3.38. The van der Waals surface area contributed by atoms with Crippen LogP contribution in [0.3, 0.4) is 0 Å². The summed E-state index contributed by atoms with van der Waals surface area (Å²) in [7, 11) is 0. The SMILES string of the molecule is Cc1ccccc1CC(=O)N1CCN(C(=O)C2(C(=O)O)CC2)CC1. The molecule has 0 unspecified atom stereocenters. The van der Waals surface area contributed by atoms with Crippen LogP contribution < -0.4 is 0 Å². The molecule has 2 aliphatic rings.